The van der Waals surface area contributed by atoms with Crippen molar-refractivity contribution in [2.75, 3.05) is 0 Å². The maximum atomic E-state index is 12.0. The van der Waals surface area contributed by atoms with Gasteiger partial charge in [-0.3, -0.25) is 14.9 Å². The number of hydrogen-bond donors (Lipinski definition) is 3. The van der Waals surface area contributed by atoms with Gasteiger partial charge in [0.1, 0.15) is 5.75 Å². The Kier molecular flexibility index (Phi) is 5.93. The van der Waals surface area contributed by atoms with Crippen molar-refractivity contribution in [2.24, 2.45) is 5.10 Å². The van der Waals surface area contributed by atoms with Gasteiger partial charge in [-0.05, 0) is 63.4 Å². The molecular formula is C14H9I2N3O5. The first-order chi connectivity index (χ1) is 11.3. The molecule has 0 radical (unpaired) electrons. The molecule has 0 aliphatic rings. The number of hydrazone groups is 1. The number of carbonyl (C=O) groups excluding carboxylic acids is 1. The number of amides is 1. The van der Waals surface area contributed by atoms with E-state index in [9.17, 15) is 25.1 Å². The summed E-state index contributed by atoms with van der Waals surface area (Å²) < 4.78 is 1.50. The standard InChI is InChI=1S/C14H9I2N3O5/c15-8-4-7(12(20)10(16)5-8)6-17-18-14(22)9-2-1-3-11(13(9)21)19(23)24/h1-6,20-21H,(H,18,22)/b17-6-. The van der Waals surface area contributed by atoms with Crippen LogP contribution < -0.4 is 5.43 Å². The van der Waals surface area contributed by atoms with E-state index >= 15 is 0 Å². The zero-order valence-electron chi connectivity index (χ0n) is 11.7. The Morgan fingerprint density at radius 3 is 2.62 bits per heavy atom. The highest BCUT2D eigenvalue weighted by atomic mass is 127. The monoisotopic (exact) mass is 553 g/mol. The molecule has 0 saturated carbocycles. The van der Waals surface area contributed by atoms with E-state index in [2.05, 4.69) is 33.1 Å². The van der Waals surface area contributed by atoms with Crippen LogP contribution >= 0.6 is 45.2 Å². The highest BCUT2D eigenvalue weighted by Gasteiger charge is 2.20. The maximum Gasteiger partial charge on any atom is 0.311 e. The highest BCUT2D eigenvalue weighted by molar-refractivity contribution is 14.1. The topological polar surface area (TPSA) is 125 Å². The van der Waals surface area contributed by atoms with Crippen LogP contribution in [0.4, 0.5) is 5.69 Å². The molecule has 2 aromatic carbocycles. The van der Waals surface area contributed by atoms with E-state index in [-0.39, 0.29) is 11.3 Å². The fraction of sp³-hybridized carbons (Fsp3) is 0. The van der Waals surface area contributed by atoms with Gasteiger partial charge in [0.2, 0.25) is 5.75 Å². The van der Waals surface area contributed by atoms with Gasteiger partial charge in [-0.2, -0.15) is 5.10 Å². The SMILES string of the molecule is O=C(N/N=C\c1cc(I)cc(I)c1O)c1cccc([N+](=O)[O-])c1O. The molecule has 2 aromatic rings. The third kappa shape index (κ3) is 4.11. The number of phenolic OH excluding ortho intramolecular Hbond substituents is 2. The van der Waals surface area contributed by atoms with Crippen molar-refractivity contribution in [1.29, 1.82) is 0 Å². The first-order valence-corrected chi connectivity index (χ1v) is 8.44. The molecule has 3 N–H and O–H groups in total. The van der Waals surface area contributed by atoms with E-state index in [1.54, 1.807) is 12.1 Å². The summed E-state index contributed by atoms with van der Waals surface area (Å²) >= 11 is 4.04. The molecule has 0 unspecified atom stereocenters. The Hall–Kier alpha value is -1.96. The summed E-state index contributed by atoms with van der Waals surface area (Å²) in [7, 11) is 0. The number of carbonyl (C=O) groups is 1. The Morgan fingerprint density at radius 2 is 1.96 bits per heavy atom. The number of rotatable bonds is 4. The molecule has 10 heteroatoms. The Balaban J connectivity index is 2.20. The van der Waals surface area contributed by atoms with Crippen molar-refractivity contribution in [2.45, 2.75) is 0 Å². The normalized spacial score (nSPS) is 10.8. The second kappa shape index (κ2) is 7.74. The van der Waals surface area contributed by atoms with Crippen molar-refractivity contribution < 1.29 is 19.9 Å². The van der Waals surface area contributed by atoms with Crippen LogP contribution in [0.25, 0.3) is 0 Å². The van der Waals surface area contributed by atoms with Gasteiger partial charge in [0.25, 0.3) is 5.91 Å². The summed E-state index contributed by atoms with van der Waals surface area (Å²) in [4.78, 5) is 21.9. The quantitative estimate of drug-likeness (QED) is 0.233. The Labute approximate surface area is 163 Å². The minimum absolute atomic E-state index is 0.0206. The zero-order chi connectivity index (χ0) is 17.9. The number of phenols is 2. The number of halogens is 2. The third-order valence-corrected chi connectivity index (χ3v) is 4.33. The molecule has 24 heavy (non-hydrogen) atoms. The van der Waals surface area contributed by atoms with Crippen molar-refractivity contribution >= 4 is 63.0 Å². The number of nitro groups is 1. The van der Waals surface area contributed by atoms with Crippen LogP contribution in [0.1, 0.15) is 15.9 Å². The number of nitrogens with zero attached hydrogens (tertiary/aromatic N) is 2. The lowest BCUT2D eigenvalue weighted by Crippen LogP contribution is -2.18. The van der Waals surface area contributed by atoms with Gasteiger partial charge < -0.3 is 10.2 Å². The molecule has 0 atom stereocenters. The van der Waals surface area contributed by atoms with Crippen LogP contribution in [-0.4, -0.2) is 27.3 Å². The minimum Gasteiger partial charge on any atom is -0.506 e. The summed E-state index contributed by atoms with van der Waals surface area (Å²) in [6, 6.07) is 7.04. The predicted octanol–water partition coefficient (Wildman–Crippen LogP) is 2.98. The summed E-state index contributed by atoms with van der Waals surface area (Å²) in [6.45, 7) is 0. The molecular weight excluding hydrogens is 544 g/mol. The molecule has 2 rings (SSSR count). The lowest BCUT2D eigenvalue weighted by molar-refractivity contribution is -0.385. The second-order valence-electron chi connectivity index (χ2n) is 4.45. The van der Waals surface area contributed by atoms with Crippen LogP contribution in [0.15, 0.2) is 35.4 Å². The highest BCUT2D eigenvalue weighted by Crippen LogP contribution is 2.29. The van der Waals surface area contributed by atoms with Crippen LogP contribution in [0.3, 0.4) is 0 Å². The number of para-hydroxylation sites is 1. The van der Waals surface area contributed by atoms with Crippen LogP contribution in [0.5, 0.6) is 11.5 Å². The molecule has 0 saturated heterocycles. The molecule has 0 spiro atoms. The predicted molar refractivity (Wildman–Crippen MR) is 103 cm³/mol. The molecule has 8 nitrogen and oxygen atoms in total. The van der Waals surface area contributed by atoms with Gasteiger partial charge in [0.15, 0.2) is 0 Å². The van der Waals surface area contributed by atoms with Gasteiger partial charge in [-0.25, -0.2) is 5.43 Å². The lowest BCUT2D eigenvalue weighted by Gasteiger charge is -2.04. The van der Waals surface area contributed by atoms with Gasteiger partial charge in [0, 0.05) is 15.2 Å². The number of benzene rings is 2. The first kappa shape index (κ1) is 18.4. The van der Waals surface area contributed by atoms with E-state index in [1.165, 1.54) is 18.3 Å². The summed E-state index contributed by atoms with van der Waals surface area (Å²) in [5, 5.41) is 34.1. The molecule has 0 bridgehead atoms. The second-order valence-corrected chi connectivity index (χ2v) is 6.86. The fourth-order valence-electron chi connectivity index (χ4n) is 1.77. The molecule has 0 fully saturated rings. The van der Waals surface area contributed by atoms with Crippen LogP contribution in [0.2, 0.25) is 0 Å². The van der Waals surface area contributed by atoms with Gasteiger partial charge in [0.05, 0.1) is 20.3 Å². The summed E-state index contributed by atoms with van der Waals surface area (Å²) in [5.74, 6) is -1.53. The van der Waals surface area contributed by atoms with E-state index in [0.29, 0.717) is 9.13 Å². The van der Waals surface area contributed by atoms with E-state index in [0.717, 1.165) is 9.64 Å². The average molecular weight is 553 g/mol. The smallest absolute Gasteiger partial charge is 0.311 e. The van der Waals surface area contributed by atoms with Crippen molar-refractivity contribution in [3.05, 3.63) is 58.7 Å². The Morgan fingerprint density at radius 1 is 1.25 bits per heavy atom. The van der Waals surface area contributed by atoms with Crippen molar-refractivity contribution in [3.63, 3.8) is 0 Å². The first-order valence-electron chi connectivity index (χ1n) is 6.29. The molecule has 0 heterocycles. The van der Waals surface area contributed by atoms with Gasteiger partial charge in [-0.1, -0.05) is 6.07 Å². The van der Waals surface area contributed by atoms with Crippen LogP contribution in [0, 0.1) is 17.3 Å². The molecule has 124 valence electrons. The van der Waals surface area contributed by atoms with E-state index in [1.807, 2.05) is 22.6 Å². The van der Waals surface area contributed by atoms with Gasteiger partial charge in [-0.15, -0.1) is 0 Å². The summed E-state index contributed by atoms with van der Waals surface area (Å²) in [6.07, 6.45) is 1.24. The molecule has 0 aliphatic carbocycles. The number of nitrogens with one attached hydrogen (secondary N) is 1. The zero-order valence-corrected chi connectivity index (χ0v) is 16.0. The van der Waals surface area contributed by atoms with Crippen LogP contribution in [-0.2, 0) is 0 Å². The van der Waals surface area contributed by atoms with Crippen molar-refractivity contribution in [3.8, 4) is 11.5 Å². The van der Waals surface area contributed by atoms with E-state index < -0.39 is 22.3 Å². The van der Waals surface area contributed by atoms with E-state index in [4.69, 9.17) is 0 Å². The molecule has 0 aliphatic heterocycles. The molecule has 0 aromatic heterocycles. The fourth-order valence-corrected chi connectivity index (χ4v) is 3.66. The molecule has 1 amide bonds. The summed E-state index contributed by atoms with van der Waals surface area (Å²) in [5.41, 5.74) is 1.70. The van der Waals surface area contributed by atoms with Crippen molar-refractivity contribution in [1.82, 2.24) is 5.43 Å². The largest absolute Gasteiger partial charge is 0.506 e. The number of hydrogen-bond acceptors (Lipinski definition) is 6. The average Bonchev–Trinajstić information content (AvgIpc) is 2.51. The third-order valence-electron chi connectivity index (χ3n) is 2.88. The van der Waals surface area contributed by atoms with Gasteiger partial charge >= 0.3 is 5.69 Å². The minimum atomic E-state index is -0.813. The Bertz CT molecular complexity index is 855. The lowest BCUT2D eigenvalue weighted by atomic mass is 10.1. The number of nitro benzene ring substituents is 1. The maximum absolute atomic E-state index is 12.0. The number of aromatic hydroxyl groups is 2.